The molecule has 0 saturated carbocycles. The molecule has 1 heterocycles. The molecule has 0 spiro atoms. The van der Waals surface area contributed by atoms with Crippen LogP contribution >= 0.6 is 0 Å². The molecular weight excluding hydrogens is 230 g/mol. The van der Waals surface area contributed by atoms with E-state index in [1.807, 2.05) is 0 Å². The second-order valence-corrected chi connectivity index (χ2v) is 3.75. The largest absolute Gasteiger partial charge is 0.480 e. The molecule has 1 aliphatic heterocycles. The highest BCUT2D eigenvalue weighted by Gasteiger charge is 2.35. The summed E-state index contributed by atoms with van der Waals surface area (Å²) < 4.78 is 0. The first-order chi connectivity index (χ1) is 7.82. The van der Waals surface area contributed by atoms with Crippen LogP contribution in [0.15, 0.2) is 0 Å². The van der Waals surface area contributed by atoms with Crippen LogP contribution in [0.2, 0.25) is 0 Å². The first kappa shape index (κ1) is 12.9. The Morgan fingerprint density at radius 1 is 1.47 bits per heavy atom. The van der Waals surface area contributed by atoms with Gasteiger partial charge in [0.1, 0.15) is 19.1 Å². The van der Waals surface area contributed by atoms with Gasteiger partial charge in [0, 0.05) is 7.05 Å². The lowest BCUT2D eigenvalue weighted by Gasteiger charge is -2.15. The number of carbonyl (C=O) groups excluding carboxylic acids is 3. The van der Waals surface area contributed by atoms with E-state index in [9.17, 15) is 19.2 Å². The molecule has 0 aromatic rings. The number of imide groups is 1. The van der Waals surface area contributed by atoms with Gasteiger partial charge < -0.3 is 15.3 Å². The molecule has 8 nitrogen and oxygen atoms in total. The van der Waals surface area contributed by atoms with E-state index < -0.39 is 36.4 Å². The third-order valence-corrected chi connectivity index (χ3v) is 2.28. The number of aliphatic carboxylic acids is 1. The Morgan fingerprint density at radius 2 is 2.06 bits per heavy atom. The van der Waals surface area contributed by atoms with Gasteiger partial charge in [-0.1, -0.05) is 0 Å². The molecule has 0 bridgehead atoms. The zero-order valence-electron chi connectivity index (χ0n) is 9.47. The zero-order valence-corrected chi connectivity index (χ0v) is 9.47. The molecule has 17 heavy (non-hydrogen) atoms. The smallest absolute Gasteiger partial charge is 0.327 e. The van der Waals surface area contributed by atoms with Crippen molar-refractivity contribution in [1.29, 1.82) is 0 Å². The lowest BCUT2D eigenvalue weighted by Crippen LogP contribution is -2.45. The van der Waals surface area contributed by atoms with Gasteiger partial charge in [-0.25, -0.2) is 4.79 Å². The molecule has 0 unspecified atom stereocenters. The number of carboxylic acid groups (broad SMARTS) is 1. The zero-order chi connectivity index (χ0) is 13.2. The van der Waals surface area contributed by atoms with Crippen molar-refractivity contribution in [2.45, 2.75) is 13.0 Å². The van der Waals surface area contributed by atoms with E-state index in [1.165, 1.54) is 18.9 Å². The number of amides is 4. The lowest BCUT2D eigenvalue weighted by atomic mass is 10.3. The van der Waals surface area contributed by atoms with Crippen LogP contribution in [0, 0.1) is 0 Å². The molecule has 0 radical (unpaired) electrons. The molecule has 0 aliphatic carbocycles. The van der Waals surface area contributed by atoms with Crippen molar-refractivity contribution < 1.29 is 24.3 Å². The Hall–Kier alpha value is -2.12. The predicted molar refractivity (Wildman–Crippen MR) is 55.0 cm³/mol. The van der Waals surface area contributed by atoms with Gasteiger partial charge in [-0.2, -0.15) is 0 Å². The van der Waals surface area contributed by atoms with Crippen LogP contribution in [0.1, 0.15) is 6.92 Å². The fourth-order valence-electron chi connectivity index (χ4n) is 1.32. The number of carbonyl (C=O) groups is 4. The van der Waals surface area contributed by atoms with Crippen molar-refractivity contribution in [3.8, 4) is 0 Å². The average Bonchev–Trinajstić information content (AvgIpc) is 2.45. The number of nitrogens with one attached hydrogen (secondary N) is 1. The molecule has 94 valence electrons. The van der Waals surface area contributed by atoms with E-state index in [0.29, 0.717) is 0 Å². The standard InChI is InChI=1S/C9H13N3O5/c1-5(8(15)16)10-6(13)3-12-7(14)4-11(2)9(12)17/h5H,3-4H2,1-2H3,(H,10,13)(H,15,16)/t5-/m0/s1. The fraction of sp³-hybridized carbons (Fsp3) is 0.556. The summed E-state index contributed by atoms with van der Waals surface area (Å²) in [6, 6.07) is -1.62. The van der Waals surface area contributed by atoms with Crippen molar-refractivity contribution in [3.05, 3.63) is 0 Å². The minimum absolute atomic E-state index is 0.0689. The Kier molecular flexibility index (Phi) is 3.66. The molecule has 8 heteroatoms. The molecule has 2 N–H and O–H groups in total. The van der Waals surface area contributed by atoms with Crippen molar-refractivity contribution in [1.82, 2.24) is 15.1 Å². The number of likely N-dealkylation sites (N-methyl/N-ethyl adjacent to an activating group) is 1. The predicted octanol–water partition coefficient (Wildman–Crippen LogP) is -1.53. The topological polar surface area (TPSA) is 107 Å². The number of nitrogens with zero attached hydrogens (tertiary/aromatic N) is 2. The maximum atomic E-state index is 11.4. The van der Waals surface area contributed by atoms with Gasteiger partial charge in [-0.15, -0.1) is 0 Å². The van der Waals surface area contributed by atoms with Gasteiger partial charge in [0.15, 0.2) is 0 Å². The summed E-state index contributed by atoms with van der Waals surface area (Å²) in [6.45, 7) is 0.764. The van der Waals surface area contributed by atoms with Crippen molar-refractivity contribution in [2.24, 2.45) is 0 Å². The molecule has 1 saturated heterocycles. The number of hydrogen-bond acceptors (Lipinski definition) is 4. The summed E-state index contributed by atoms with van der Waals surface area (Å²) in [4.78, 5) is 46.5. The third-order valence-electron chi connectivity index (χ3n) is 2.28. The molecule has 0 aromatic heterocycles. The van der Waals surface area contributed by atoms with E-state index in [2.05, 4.69) is 5.32 Å². The number of rotatable bonds is 4. The van der Waals surface area contributed by atoms with E-state index in [4.69, 9.17) is 5.11 Å². The molecule has 0 aromatic carbocycles. The SMILES string of the molecule is C[C@H](NC(=O)CN1C(=O)CN(C)C1=O)C(=O)O. The van der Waals surface area contributed by atoms with E-state index in [0.717, 1.165) is 4.90 Å². The number of hydrogen-bond donors (Lipinski definition) is 2. The highest BCUT2D eigenvalue weighted by atomic mass is 16.4. The second kappa shape index (κ2) is 4.81. The van der Waals surface area contributed by atoms with Crippen LogP contribution in [0.25, 0.3) is 0 Å². The highest BCUT2D eigenvalue weighted by molar-refractivity contribution is 6.04. The van der Waals surface area contributed by atoms with Gasteiger partial charge in [-0.05, 0) is 6.92 Å². The summed E-state index contributed by atoms with van der Waals surface area (Å²) in [5.74, 6) is -2.35. The first-order valence-electron chi connectivity index (χ1n) is 4.90. The Morgan fingerprint density at radius 3 is 2.47 bits per heavy atom. The molecule has 1 atom stereocenters. The third kappa shape index (κ3) is 2.92. The van der Waals surface area contributed by atoms with Crippen LogP contribution in [-0.4, -0.2) is 64.9 Å². The Bertz CT molecular complexity index is 381. The number of urea groups is 1. The minimum Gasteiger partial charge on any atom is -0.480 e. The maximum absolute atomic E-state index is 11.4. The number of carboxylic acids is 1. The molecule has 1 aliphatic rings. The van der Waals surface area contributed by atoms with Crippen LogP contribution in [0.4, 0.5) is 4.79 Å². The normalized spacial score (nSPS) is 17.3. The Labute approximate surface area is 97.2 Å². The fourth-order valence-corrected chi connectivity index (χ4v) is 1.32. The quantitative estimate of drug-likeness (QED) is 0.582. The first-order valence-corrected chi connectivity index (χ1v) is 4.90. The van der Waals surface area contributed by atoms with Crippen LogP contribution < -0.4 is 5.32 Å². The van der Waals surface area contributed by atoms with Crippen molar-refractivity contribution in [3.63, 3.8) is 0 Å². The lowest BCUT2D eigenvalue weighted by molar-refractivity contribution is -0.141. The van der Waals surface area contributed by atoms with E-state index >= 15 is 0 Å². The summed E-state index contributed by atoms with van der Waals surface area (Å²) >= 11 is 0. The Balaban J connectivity index is 2.55. The highest BCUT2D eigenvalue weighted by Crippen LogP contribution is 2.06. The van der Waals surface area contributed by atoms with Crippen molar-refractivity contribution in [2.75, 3.05) is 20.1 Å². The maximum Gasteiger partial charge on any atom is 0.327 e. The van der Waals surface area contributed by atoms with Crippen LogP contribution in [0.5, 0.6) is 0 Å². The molecule has 4 amide bonds. The summed E-state index contributed by atoms with van der Waals surface area (Å²) in [5.41, 5.74) is 0. The van der Waals surface area contributed by atoms with Gasteiger partial charge in [0.05, 0.1) is 0 Å². The summed E-state index contributed by atoms with van der Waals surface area (Å²) in [6.07, 6.45) is 0. The van der Waals surface area contributed by atoms with Gasteiger partial charge in [0.25, 0.3) is 5.91 Å². The van der Waals surface area contributed by atoms with E-state index in [1.54, 1.807) is 0 Å². The molecule has 1 rings (SSSR count). The second-order valence-electron chi connectivity index (χ2n) is 3.75. The van der Waals surface area contributed by atoms with Crippen LogP contribution in [0.3, 0.4) is 0 Å². The van der Waals surface area contributed by atoms with Crippen molar-refractivity contribution >= 4 is 23.8 Å². The van der Waals surface area contributed by atoms with Gasteiger partial charge in [-0.3, -0.25) is 19.3 Å². The van der Waals surface area contributed by atoms with E-state index in [-0.39, 0.29) is 6.54 Å². The van der Waals surface area contributed by atoms with Gasteiger partial charge in [0.2, 0.25) is 5.91 Å². The summed E-state index contributed by atoms with van der Waals surface area (Å²) in [5, 5.41) is 10.7. The molecule has 1 fully saturated rings. The monoisotopic (exact) mass is 243 g/mol. The minimum atomic E-state index is -1.19. The van der Waals surface area contributed by atoms with Crippen LogP contribution in [-0.2, 0) is 14.4 Å². The van der Waals surface area contributed by atoms with Gasteiger partial charge >= 0.3 is 12.0 Å². The average molecular weight is 243 g/mol. The summed E-state index contributed by atoms with van der Waals surface area (Å²) in [7, 11) is 1.44. The molecular formula is C9H13N3O5.